The molecular formula is C17H8ClF7N4O2. The maximum atomic E-state index is 13.9. The van der Waals surface area contributed by atoms with Crippen molar-refractivity contribution in [2.24, 2.45) is 0 Å². The summed E-state index contributed by atoms with van der Waals surface area (Å²) in [5.41, 5.74) is -3.08. The highest BCUT2D eigenvalue weighted by Gasteiger charge is 2.39. The summed E-state index contributed by atoms with van der Waals surface area (Å²) in [7, 11) is 0. The van der Waals surface area contributed by atoms with Crippen LogP contribution in [0.5, 0.6) is 0 Å². The lowest BCUT2D eigenvalue weighted by Crippen LogP contribution is -2.30. The lowest BCUT2D eigenvalue weighted by molar-refractivity contribution is -0.167. The molecule has 0 aliphatic carbocycles. The van der Waals surface area contributed by atoms with Crippen molar-refractivity contribution in [2.45, 2.75) is 12.4 Å². The molecule has 0 saturated carbocycles. The second-order valence-corrected chi connectivity index (χ2v) is 6.41. The van der Waals surface area contributed by atoms with Crippen LogP contribution in [0.15, 0.2) is 41.2 Å². The molecule has 0 unspecified atom stereocenters. The topological polar surface area (TPSA) is 79.8 Å². The van der Waals surface area contributed by atoms with E-state index in [9.17, 15) is 40.3 Å². The number of anilines is 1. The van der Waals surface area contributed by atoms with E-state index in [0.717, 1.165) is 18.2 Å². The summed E-state index contributed by atoms with van der Waals surface area (Å²) in [5, 5.41) is 4.79. The number of alkyl halides is 6. The second-order valence-electron chi connectivity index (χ2n) is 6.00. The van der Waals surface area contributed by atoms with Crippen LogP contribution < -0.4 is 11.0 Å². The molecule has 1 amide bonds. The van der Waals surface area contributed by atoms with Crippen LogP contribution in [-0.4, -0.2) is 26.8 Å². The molecular weight excluding hydrogens is 461 g/mol. The minimum atomic E-state index is -5.29. The Bertz CT molecular complexity index is 1200. The number of nitrogens with zero attached hydrogens (tertiary/aromatic N) is 2. The Balaban J connectivity index is 2.00. The number of H-pyrrole nitrogens is 1. The average molecular weight is 469 g/mol. The molecule has 1 heterocycles. The van der Waals surface area contributed by atoms with Gasteiger partial charge in [-0.3, -0.25) is 9.78 Å². The molecule has 0 atom stereocenters. The SMILES string of the molecule is O=C(Nc1cc(-c2nn(-c3ccc(C(F)(F)F)cc3)c(=O)[nH]2)c(Cl)cc1F)C(F)(F)F. The molecule has 3 aromatic rings. The van der Waals surface area contributed by atoms with E-state index >= 15 is 0 Å². The molecule has 0 aliphatic rings. The Kier molecular flexibility index (Phi) is 5.56. The van der Waals surface area contributed by atoms with Gasteiger partial charge in [0.25, 0.3) is 0 Å². The Labute approximate surface area is 172 Å². The quantitative estimate of drug-likeness (QED) is 0.554. The molecule has 0 bridgehead atoms. The van der Waals surface area contributed by atoms with Gasteiger partial charge in [0.05, 0.1) is 22.0 Å². The Morgan fingerprint density at radius 2 is 1.68 bits per heavy atom. The van der Waals surface area contributed by atoms with Crippen molar-refractivity contribution >= 4 is 23.2 Å². The van der Waals surface area contributed by atoms with E-state index in [-0.39, 0.29) is 22.1 Å². The Morgan fingerprint density at radius 3 is 2.23 bits per heavy atom. The minimum absolute atomic E-state index is 0.0654. The summed E-state index contributed by atoms with van der Waals surface area (Å²) in [6.45, 7) is 0. The maximum absolute atomic E-state index is 13.9. The highest BCUT2D eigenvalue weighted by Crippen LogP contribution is 2.32. The zero-order valence-corrected chi connectivity index (χ0v) is 15.5. The monoisotopic (exact) mass is 468 g/mol. The van der Waals surface area contributed by atoms with E-state index in [0.29, 0.717) is 22.9 Å². The Morgan fingerprint density at radius 1 is 1.06 bits per heavy atom. The summed E-state index contributed by atoms with van der Waals surface area (Å²) >= 11 is 5.87. The standard InChI is InChI=1S/C17H8ClF7N4O2/c18-10-6-11(19)12(26-14(30)17(23,24)25)5-9(10)13-27-15(31)29(28-13)8-3-1-7(2-4-8)16(20,21)22/h1-6H,(H,26,30)(H,27,28,31). The van der Waals surface area contributed by atoms with Crippen LogP contribution in [0.2, 0.25) is 5.02 Å². The van der Waals surface area contributed by atoms with E-state index < -0.39 is 41.0 Å². The molecule has 2 aromatic carbocycles. The highest BCUT2D eigenvalue weighted by molar-refractivity contribution is 6.33. The third kappa shape index (κ3) is 4.71. The van der Waals surface area contributed by atoms with Gasteiger partial charge in [0.1, 0.15) is 5.82 Å². The van der Waals surface area contributed by atoms with Crippen LogP contribution in [-0.2, 0) is 11.0 Å². The van der Waals surface area contributed by atoms with Crippen LogP contribution in [0.25, 0.3) is 17.1 Å². The number of aromatic amines is 1. The molecule has 14 heteroatoms. The fourth-order valence-corrected chi connectivity index (χ4v) is 2.67. The number of hydrogen-bond acceptors (Lipinski definition) is 3. The van der Waals surface area contributed by atoms with Gasteiger partial charge < -0.3 is 5.32 Å². The van der Waals surface area contributed by atoms with E-state index in [2.05, 4.69) is 10.1 Å². The first-order chi connectivity index (χ1) is 14.3. The first-order valence-electron chi connectivity index (χ1n) is 8.02. The first kappa shape index (κ1) is 22.3. The number of benzene rings is 2. The largest absolute Gasteiger partial charge is 0.471 e. The van der Waals surface area contributed by atoms with Crippen LogP contribution in [0.3, 0.4) is 0 Å². The van der Waals surface area contributed by atoms with E-state index in [4.69, 9.17) is 11.6 Å². The number of aromatic nitrogens is 3. The van der Waals surface area contributed by atoms with Gasteiger partial charge in [0.2, 0.25) is 0 Å². The molecule has 0 aliphatic heterocycles. The molecule has 1 aromatic heterocycles. The zero-order valence-electron chi connectivity index (χ0n) is 14.7. The van der Waals surface area contributed by atoms with E-state index in [1.54, 1.807) is 0 Å². The number of carbonyl (C=O) groups excluding carboxylic acids is 1. The number of rotatable bonds is 3. The molecule has 3 rings (SSSR count). The third-order valence-electron chi connectivity index (χ3n) is 3.87. The molecule has 2 N–H and O–H groups in total. The van der Waals surface area contributed by atoms with E-state index in [1.807, 2.05) is 0 Å². The molecule has 0 fully saturated rings. The van der Waals surface area contributed by atoms with Crippen LogP contribution in [0, 0.1) is 5.82 Å². The van der Waals surface area contributed by atoms with Gasteiger partial charge in [-0.25, -0.2) is 9.18 Å². The predicted molar refractivity (Wildman–Crippen MR) is 94.3 cm³/mol. The normalized spacial score (nSPS) is 12.1. The van der Waals surface area contributed by atoms with Crippen LogP contribution >= 0.6 is 11.6 Å². The number of nitrogens with one attached hydrogen (secondary N) is 2. The second kappa shape index (κ2) is 7.72. The molecule has 0 spiro atoms. The lowest BCUT2D eigenvalue weighted by atomic mass is 10.1. The zero-order chi connectivity index (χ0) is 23.1. The summed E-state index contributed by atoms with van der Waals surface area (Å²) < 4.78 is 89.9. The summed E-state index contributed by atoms with van der Waals surface area (Å²) in [4.78, 5) is 25.4. The number of hydrogen-bond donors (Lipinski definition) is 2. The molecule has 0 saturated heterocycles. The van der Waals surface area contributed by atoms with E-state index in [1.165, 1.54) is 5.32 Å². The fraction of sp³-hybridized carbons (Fsp3) is 0.118. The highest BCUT2D eigenvalue weighted by atomic mass is 35.5. The first-order valence-corrected chi connectivity index (χ1v) is 8.39. The van der Waals surface area contributed by atoms with Gasteiger partial charge in [0.15, 0.2) is 5.82 Å². The third-order valence-corrected chi connectivity index (χ3v) is 4.19. The number of carbonyl (C=O) groups is 1. The van der Waals surface area contributed by atoms with Gasteiger partial charge in [-0.1, -0.05) is 11.6 Å². The minimum Gasteiger partial charge on any atom is -0.316 e. The van der Waals surface area contributed by atoms with Crippen molar-refractivity contribution in [2.75, 3.05) is 5.32 Å². The summed E-state index contributed by atoms with van der Waals surface area (Å²) in [5.74, 6) is -4.06. The molecule has 164 valence electrons. The fourth-order valence-electron chi connectivity index (χ4n) is 2.43. The maximum Gasteiger partial charge on any atom is 0.471 e. The number of amides is 1. The van der Waals surface area contributed by atoms with Crippen LogP contribution in [0.1, 0.15) is 5.56 Å². The van der Waals surface area contributed by atoms with Gasteiger partial charge in [-0.15, -0.1) is 5.10 Å². The lowest BCUT2D eigenvalue weighted by Gasteiger charge is -2.11. The van der Waals surface area contributed by atoms with Crippen molar-refractivity contribution < 1.29 is 35.5 Å². The van der Waals surface area contributed by atoms with Crippen molar-refractivity contribution in [3.63, 3.8) is 0 Å². The van der Waals surface area contributed by atoms with Crippen molar-refractivity contribution in [3.05, 3.63) is 63.3 Å². The smallest absolute Gasteiger partial charge is 0.316 e. The summed E-state index contributed by atoms with van der Waals surface area (Å²) in [6.07, 6.45) is -9.89. The summed E-state index contributed by atoms with van der Waals surface area (Å²) in [6, 6.07) is 4.68. The van der Waals surface area contributed by atoms with Crippen molar-refractivity contribution in [1.29, 1.82) is 0 Å². The molecule has 31 heavy (non-hydrogen) atoms. The van der Waals surface area contributed by atoms with Crippen LogP contribution in [0.4, 0.5) is 36.4 Å². The van der Waals surface area contributed by atoms with Gasteiger partial charge >= 0.3 is 23.9 Å². The van der Waals surface area contributed by atoms with Crippen molar-refractivity contribution in [3.8, 4) is 17.1 Å². The average Bonchev–Trinajstić information content (AvgIpc) is 3.03. The molecule has 6 nitrogen and oxygen atoms in total. The number of halogens is 8. The molecule has 0 radical (unpaired) electrons. The predicted octanol–water partition coefficient (Wildman–Crippen LogP) is 4.54. The van der Waals surface area contributed by atoms with Gasteiger partial charge in [0, 0.05) is 5.56 Å². The Hall–Kier alpha value is -3.35. The van der Waals surface area contributed by atoms with Crippen molar-refractivity contribution in [1.82, 2.24) is 14.8 Å². The van der Waals surface area contributed by atoms with Gasteiger partial charge in [-0.05, 0) is 36.4 Å². The van der Waals surface area contributed by atoms with Gasteiger partial charge in [-0.2, -0.15) is 31.0 Å².